The van der Waals surface area contributed by atoms with Crippen LogP contribution in [0, 0.1) is 0 Å². The Morgan fingerprint density at radius 1 is 0.840 bits per heavy atom. The Hall–Kier alpha value is -2.11. The first kappa shape index (κ1) is 20.9. The van der Waals surface area contributed by atoms with E-state index in [1.54, 1.807) is 24.3 Å². The van der Waals surface area contributed by atoms with Gasteiger partial charge in [0.15, 0.2) is 0 Å². The normalized spacial score (nSPS) is 10.9. The van der Waals surface area contributed by atoms with Gasteiger partial charge in [-0.05, 0) is 0 Å². The minimum absolute atomic E-state index is 0.486. The first-order valence-corrected chi connectivity index (χ1v) is 14.2. The van der Waals surface area contributed by atoms with Crippen molar-refractivity contribution in [2.75, 3.05) is 14.2 Å². The van der Waals surface area contributed by atoms with Crippen molar-refractivity contribution in [3.8, 4) is 11.5 Å². The third-order valence-electron chi connectivity index (χ3n) is 2.75. The van der Waals surface area contributed by atoms with Gasteiger partial charge in [-0.15, -0.1) is 0 Å². The van der Waals surface area contributed by atoms with Crippen LogP contribution in [0.25, 0.3) is 6.08 Å². The van der Waals surface area contributed by atoms with Gasteiger partial charge in [-0.1, -0.05) is 0 Å². The van der Waals surface area contributed by atoms with Gasteiger partial charge in [0.25, 0.3) is 0 Å². The van der Waals surface area contributed by atoms with Gasteiger partial charge in [0.05, 0.1) is 0 Å². The third-order valence-corrected chi connectivity index (χ3v) is 11.7. The third kappa shape index (κ3) is 6.72. The molecule has 0 radical (unpaired) electrons. The molecule has 0 fully saturated rings. The molecule has 0 spiro atoms. The van der Waals surface area contributed by atoms with Gasteiger partial charge in [0, 0.05) is 0 Å². The first-order valence-electron chi connectivity index (χ1n) is 7.21. The number of hydrogen-bond acceptors (Lipinski definition) is 8. The Morgan fingerprint density at radius 2 is 1.32 bits per heavy atom. The maximum atomic E-state index is 11.4. The van der Waals surface area contributed by atoms with Crippen molar-refractivity contribution in [3.63, 3.8) is 0 Å². The van der Waals surface area contributed by atoms with E-state index in [-0.39, 0.29) is 0 Å². The summed E-state index contributed by atoms with van der Waals surface area (Å²) in [5.74, 6) is -1.10. The number of hydrogen-bond donors (Lipinski definition) is 0. The first-order chi connectivity index (χ1) is 11.7. The van der Waals surface area contributed by atoms with Gasteiger partial charge in [-0.25, -0.2) is 0 Å². The van der Waals surface area contributed by atoms with Crippen molar-refractivity contribution < 1.29 is 31.9 Å². The van der Waals surface area contributed by atoms with Crippen molar-refractivity contribution in [3.05, 3.63) is 27.4 Å². The Morgan fingerprint density at radius 3 is 1.72 bits per heavy atom. The molecule has 0 aliphatic carbocycles. The molecule has 0 bridgehead atoms. The van der Waals surface area contributed by atoms with Crippen LogP contribution in [-0.4, -0.2) is 54.7 Å². The number of carbonyl (C=O) groups excluding carboxylic acids is 3. The molecule has 0 aliphatic heterocycles. The molecular weight excluding hydrogens is 527 g/mol. The quantitative estimate of drug-likeness (QED) is 0.478. The molecule has 0 heterocycles. The molecule has 0 saturated heterocycles. The standard InChI is InChI=1S/C10H11O2.3C2H4O2.Pb/c1-4-8-5-6-9(11-2)10(7-8)12-3;3*1-2(3)4;/h1,4-7H,2-3H3;3*1H3,(H,3,4);/q;;;;+3/p-3. The van der Waals surface area contributed by atoms with E-state index in [0.29, 0.717) is 17.1 Å². The number of methoxy groups -OCH3 is 2. The molecule has 9 heteroatoms. The summed E-state index contributed by atoms with van der Waals surface area (Å²) in [5.41, 5.74) is 0.647. The Kier molecular flexibility index (Phi) is 7.87. The van der Waals surface area contributed by atoms with Crippen LogP contribution >= 0.6 is 0 Å². The fourth-order valence-electron chi connectivity index (χ4n) is 1.92. The van der Waals surface area contributed by atoms with Crippen LogP contribution in [0.2, 0.25) is 0 Å². The molecule has 25 heavy (non-hydrogen) atoms. The van der Waals surface area contributed by atoms with Crippen LogP contribution in [-0.2, 0) is 22.4 Å². The molecule has 0 N–H and O–H groups in total. The van der Waals surface area contributed by atoms with Crippen LogP contribution < -0.4 is 9.47 Å². The fraction of sp³-hybridized carbons (Fsp3) is 0.312. The summed E-state index contributed by atoms with van der Waals surface area (Å²) in [6.45, 7) is 3.43. The van der Waals surface area contributed by atoms with Crippen LogP contribution in [0.1, 0.15) is 26.3 Å². The van der Waals surface area contributed by atoms with Crippen LogP contribution in [0.5, 0.6) is 11.5 Å². The molecular formula is C16H20O8Pb. The summed E-state index contributed by atoms with van der Waals surface area (Å²) < 4.78 is 27.1. The topological polar surface area (TPSA) is 97.4 Å². The average Bonchev–Trinajstić information content (AvgIpc) is 2.50. The van der Waals surface area contributed by atoms with Crippen molar-refractivity contribution in [1.29, 1.82) is 0 Å². The second kappa shape index (κ2) is 9.39. The van der Waals surface area contributed by atoms with E-state index in [1.807, 2.05) is 0 Å². The molecule has 1 rings (SSSR count). The summed E-state index contributed by atoms with van der Waals surface area (Å²) in [6, 6.07) is 5.07. The zero-order chi connectivity index (χ0) is 19.0. The van der Waals surface area contributed by atoms with Crippen LogP contribution in [0.15, 0.2) is 21.8 Å². The fourth-order valence-corrected chi connectivity index (χ4v) is 9.41. The van der Waals surface area contributed by atoms with Gasteiger partial charge in [-0.3, -0.25) is 0 Å². The predicted molar refractivity (Wildman–Crippen MR) is 89.6 cm³/mol. The Labute approximate surface area is 152 Å². The molecule has 0 amide bonds. The molecule has 0 aliphatic rings. The molecule has 1 aromatic rings. The van der Waals surface area contributed by atoms with Crippen molar-refractivity contribution in [2.45, 2.75) is 20.8 Å². The molecule has 0 saturated carbocycles. The number of benzene rings is 1. The molecule has 8 nitrogen and oxygen atoms in total. The summed E-state index contributed by atoms with van der Waals surface area (Å²) >= 11 is -5.05. The SMILES string of the molecule is COc1ccc(/C=[CH]/[Pb]([O]C(C)=O)([O]C(C)=O)[O]C(C)=O)cc1OC. The number of rotatable bonds is 7. The zero-order valence-corrected chi connectivity index (χ0v) is 18.5. The predicted octanol–water partition coefficient (Wildman–Crippen LogP) is 1.88. The van der Waals surface area contributed by atoms with Crippen molar-refractivity contribution in [2.24, 2.45) is 0 Å². The van der Waals surface area contributed by atoms with Crippen molar-refractivity contribution >= 4 is 46.5 Å². The average molecular weight is 548 g/mol. The van der Waals surface area contributed by atoms with E-state index < -0.39 is 40.4 Å². The zero-order valence-electron chi connectivity index (χ0n) is 14.7. The molecule has 0 unspecified atom stereocenters. The molecule has 1 aromatic carbocycles. The summed E-state index contributed by atoms with van der Waals surface area (Å²) in [6.07, 6.45) is 1.54. The van der Waals surface area contributed by atoms with Crippen molar-refractivity contribution in [1.82, 2.24) is 0 Å². The van der Waals surface area contributed by atoms with Crippen LogP contribution in [0.4, 0.5) is 0 Å². The molecule has 136 valence electrons. The number of carbonyl (C=O) groups is 3. The molecule has 0 atom stereocenters. The van der Waals surface area contributed by atoms with E-state index in [4.69, 9.17) is 17.5 Å². The van der Waals surface area contributed by atoms with E-state index in [0.717, 1.165) is 20.8 Å². The van der Waals surface area contributed by atoms with Gasteiger partial charge < -0.3 is 0 Å². The monoisotopic (exact) mass is 548 g/mol. The van der Waals surface area contributed by atoms with E-state index in [1.165, 1.54) is 17.9 Å². The number of ether oxygens (including phenoxy) is 2. The van der Waals surface area contributed by atoms with E-state index in [2.05, 4.69) is 0 Å². The summed E-state index contributed by atoms with van der Waals surface area (Å²) in [4.78, 5) is 34.2. The second-order valence-electron chi connectivity index (χ2n) is 4.83. The Balaban J connectivity index is 3.25. The summed E-state index contributed by atoms with van der Waals surface area (Å²) in [5, 5.41) is 0. The summed E-state index contributed by atoms with van der Waals surface area (Å²) in [7, 11) is 3.00. The Bertz CT molecular complexity index is 642. The van der Waals surface area contributed by atoms with Gasteiger partial charge in [-0.2, -0.15) is 0 Å². The maximum absolute atomic E-state index is 11.4. The second-order valence-corrected chi connectivity index (χ2v) is 13.2. The van der Waals surface area contributed by atoms with Gasteiger partial charge in [0.1, 0.15) is 0 Å². The van der Waals surface area contributed by atoms with E-state index in [9.17, 15) is 14.4 Å². The van der Waals surface area contributed by atoms with Gasteiger partial charge >= 0.3 is 152 Å². The van der Waals surface area contributed by atoms with Crippen LogP contribution in [0.3, 0.4) is 0 Å². The van der Waals surface area contributed by atoms with Gasteiger partial charge in [0.2, 0.25) is 0 Å². The van der Waals surface area contributed by atoms with E-state index >= 15 is 0 Å². The molecule has 0 aromatic heterocycles. The minimum atomic E-state index is -5.05.